The van der Waals surface area contributed by atoms with Crippen molar-refractivity contribution in [2.45, 2.75) is 33.2 Å². The first kappa shape index (κ1) is 19.6. The first-order valence-electron chi connectivity index (χ1n) is 9.12. The summed E-state index contributed by atoms with van der Waals surface area (Å²) in [5.74, 6) is 1.04. The zero-order chi connectivity index (χ0) is 20.3. The number of hydrogen-bond donors (Lipinski definition) is 1. The van der Waals surface area contributed by atoms with Gasteiger partial charge in [0.25, 0.3) is 0 Å². The molecule has 1 unspecified atom stereocenters. The molecule has 0 fully saturated rings. The van der Waals surface area contributed by atoms with Crippen LogP contribution in [0.3, 0.4) is 0 Å². The maximum Gasteiger partial charge on any atom is 0.328 e. The van der Waals surface area contributed by atoms with Crippen LogP contribution in [-0.2, 0) is 4.79 Å². The zero-order valence-corrected chi connectivity index (χ0v) is 16.1. The van der Waals surface area contributed by atoms with E-state index >= 15 is 0 Å². The molecule has 0 aliphatic heterocycles. The van der Waals surface area contributed by atoms with Crippen LogP contribution in [0.15, 0.2) is 57.7 Å². The molecule has 6 heteroatoms. The average Bonchev–Trinajstić information content (AvgIpc) is 2.65. The van der Waals surface area contributed by atoms with Crippen LogP contribution >= 0.6 is 0 Å². The second-order valence-electron chi connectivity index (χ2n) is 7.05. The second-order valence-corrected chi connectivity index (χ2v) is 7.05. The van der Waals surface area contributed by atoms with Gasteiger partial charge in [-0.2, -0.15) is 0 Å². The van der Waals surface area contributed by atoms with E-state index < -0.39 is 12.0 Å². The van der Waals surface area contributed by atoms with Gasteiger partial charge in [0.2, 0.25) is 11.2 Å². The standard InChI is InChI=1S/C22H23NO5/c1-13(2)11-18(23)22(25)28-16-9-10-17-19(12-16)26-14(3)21(20(17)24)27-15-7-5-4-6-8-15/h4-10,12-13,18H,11,23H2,1-3H3. The molecule has 0 bridgehead atoms. The van der Waals surface area contributed by atoms with Crippen LogP contribution in [0.1, 0.15) is 26.0 Å². The topological polar surface area (TPSA) is 91.8 Å². The summed E-state index contributed by atoms with van der Waals surface area (Å²) in [5, 5.41) is 0.336. The molecular weight excluding hydrogens is 358 g/mol. The van der Waals surface area contributed by atoms with Gasteiger partial charge < -0.3 is 19.6 Å². The van der Waals surface area contributed by atoms with Crippen molar-refractivity contribution in [2.75, 3.05) is 0 Å². The SMILES string of the molecule is Cc1oc2cc(OC(=O)C(N)CC(C)C)ccc2c(=O)c1Oc1ccccc1. The van der Waals surface area contributed by atoms with Gasteiger partial charge in [-0.25, -0.2) is 4.79 Å². The number of fused-ring (bicyclic) bond motifs is 1. The third-order valence-corrected chi connectivity index (χ3v) is 4.20. The molecule has 3 rings (SSSR count). The Hall–Kier alpha value is -3.12. The summed E-state index contributed by atoms with van der Waals surface area (Å²) < 4.78 is 16.8. The minimum absolute atomic E-state index is 0.127. The van der Waals surface area contributed by atoms with Crippen molar-refractivity contribution >= 4 is 16.9 Å². The summed E-state index contributed by atoms with van der Waals surface area (Å²) in [6.45, 7) is 5.61. The van der Waals surface area contributed by atoms with Crippen molar-refractivity contribution in [3.8, 4) is 17.2 Å². The molecular formula is C22H23NO5. The van der Waals surface area contributed by atoms with Gasteiger partial charge in [0.15, 0.2) is 0 Å². The summed E-state index contributed by atoms with van der Waals surface area (Å²) in [4.78, 5) is 24.9. The predicted octanol–water partition coefficient (Wildman–Crippen LogP) is 4.17. The molecule has 0 saturated carbocycles. The lowest BCUT2D eigenvalue weighted by atomic mass is 10.1. The first-order valence-corrected chi connectivity index (χ1v) is 9.12. The molecule has 2 aromatic carbocycles. The smallest absolute Gasteiger partial charge is 0.328 e. The number of esters is 1. The van der Waals surface area contributed by atoms with Gasteiger partial charge in [-0.1, -0.05) is 32.0 Å². The average molecular weight is 381 g/mol. The van der Waals surface area contributed by atoms with E-state index in [-0.39, 0.29) is 22.8 Å². The molecule has 1 aromatic heterocycles. The van der Waals surface area contributed by atoms with E-state index in [9.17, 15) is 9.59 Å². The number of carbonyl (C=O) groups is 1. The Kier molecular flexibility index (Phi) is 5.80. The third-order valence-electron chi connectivity index (χ3n) is 4.20. The highest BCUT2D eigenvalue weighted by molar-refractivity contribution is 5.82. The van der Waals surface area contributed by atoms with Crippen molar-refractivity contribution < 1.29 is 18.7 Å². The Bertz CT molecular complexity index is 1040. The summed E-state index contributed by atoms with van der Waals surface area (Å²) in [6.07, 6.45) is 0.529. The first-order chi connectivity index (χ1) is 13.3. The molecule has 1 atom stereocenters. The molecule has 0 aliphatic rings. The summed E-state index contributed by atoms with van der Waals surface area (Å²) in [5.41, 5.74) is 5.87. The number of hydrogen-bond acceptors (Lipinski definition) is 6. The number of carbonyl (C=O) groups excluding carboxylic acids is 1. The highest BCUT2D eigenvalue weighted by Gasteiger charge is 2.19. The molecule has 0 amide bonds. The van der Waals surface area contributed by atoms with Gasteiger partial charge in [-0.15, -0.1) is 0 Å². The van der Waals surface area contributed by atoms with Crippen molar-refractivity contribution in [3.63, 3.8) is 0 Å². The number of nitrogens with two attached hydrogens (primary N) is 1. The van der Waals surface area contributed by atoms with Crippen LogP contribution in [0.5, 0.6) is 17.2 Å². The molecule has 2 N–H and O–H groups in total. The second kappa shape index (κ2) is 8.27. The van der Waals surface area contributed by atoms with E-state index in [2.05, 4.69) is 0 Å². The van der Waals surface area contributed by atoms with Crippen molar-refractivity contribution in [2.24, 2.45) is 11.7 Å². The molecule has 1 heterocycles. The zero-order valence-electron chi connectivity index (χ0n) is 16.1. The lowest BCUT2D eigenvalue weighted by Crippen LogP contribution is -2.35. The maximum atomic E-state index is 12.8. The number of para-hydroxylation sites is 1. The number of aryl methyl sites for hydroxylation is 1. The Morgan fingerprint density at radius 1 is 1.11 bits per heavy atom. The summed E-state index contributed by atoms with van der Waals surface area (Å²) in [7, 11) is 0. The maximum absolute atomic E-state index is 12.8. The van der Waals surface area contributed by atoms with E-state index in [1.165, 1.54) is 6.07 Å². The summed E-state index contributed by atoms with van der Waals surface area (Å²) in [6, 6.07) is 12.9. The van der Waals surface area contributed by atoms with E-state index in [4.69, 9.17) is 19.6 Å². The fourth-order valence-electron chi connectivity index (χ4n) is 2.85. The molecule has 0 aliphatic carbocycles. The predicted molar refractivity (Wildman–Crippen MR) is 107 cm³/mol. The van der Waals surface area contributed by atoms with Gasteiger partial charge in [0.1, 0.15) is 28.9 Å². The normalized spacial score (nSPS) is 12.2. The minimum atomic E-state index is -0.703. The van der Waals surface area contributed by atoms with Gasteiger partial charge in [-0.3, -0.25) is 4.79 Å². The Balaban J connectivity index is 1.88. The summed E-state index contributed by atoms with van der Waals surface area (Å²) >= 11 is 0. The van der Waals surface area contributed by atoms with Crippen LogP contribution in [0.2, 0.25) is 0 Å². The Morgan fingerprint density at radius 2 is 1.82 bits per heavy atom. The van der Waals surface area contributed by atoms with Crippen molar-refractivity contribution in [1.82, 2.24) is 0 Å². The molecule has 3 aromatic rings. The molecule has 146 valence electrons. The van der Waals surface area contributed by atoms with E-state index in [0.717, 1.165) is 0 Å². The molecule has 6 nitrogen and oxygen atoms in total. The largest absolute Gasteiger partial charge is 0.457 e. The van der Waals surface area contributed by atoms with Gasteiger partial charge in [0, 0.05) is 6.07 Å². The quantitative estimate of drug-likeness (QED) is 0.509. The van der Waals surface area contributed by atoms with Gasteiger partial charge in [-0.05, 0) is 43.5 Å². The van der Waals surface area contributed by atoms with Crippen LogP contribution in [-0.4, -0.2) is 12.0 Å². The Morgan fingerprint density at radius 3 is 2.50 bits per heavy atom. The number of rotatable bonds is 6. The highest BCUT2D eigenvalue weighted by atomic mass is 16.5. The number of benzene rings is 2. The third kappa shape index (κ3) is 4.40. The van der Waals surface area contributed by atoms with E-state index in [1.807, 2.05) is 32.0 Å². The van der Waals surface area contributed by atoms with Crippen LogP contribution in [0.4, 0.5) is 0 Å². The van der Waals surface area contributed by atoms with Crippen LogP contribution < -0.4 is 20.6 Å². The molecule has 0 saturated heterocycles. The van der Waals surface area contributed by atoms with Crippen molar-refractivity contribution in [3.05, 3.63) is 64.5 Å². The Labute approximate surface area is 162 Å². The highest BCUT2D eigenvalue weighted by Crippen LogP contribution is 2.27. The molecule has 28 heavy (non-hydrogen) atoms. The van der Waals surface area contributed by atoms with Crippen LogP contribution in [0, 0.1) is 12.8 Å². The van der Waals surface area contributed by atoms with Gasteiger partial charge in [0.05, 0.1) is 5.39 Å². The van der Waals surface area contributed by atoms with E-state index in [1.54, 1.807) is 31.2 Å². The number of ether oxygens (including phenoxy) is 2. The monoisotopic (exact) mass is 381 g/mol. The lowest BCUT2D eigenvalue weighted by Gasteiger charge is -2.13. The van der Waals surface area contributed by atoms with Crippen LogP contribution in [0.25, 0.3) is 11.0 Å². The van der Waals surface area contributed by atoms with Gasteiger partial charge >= 0.3 is 5.97 Å². The van der Waals surface area contributed by atoms with Crippen molar-refractivity contribution in [1.29, 1.82) is 0 Å². The lowest BCUT2D eigenvalue weighted by molar-refractivity contribution is -0.136. The van der Waals surface area contributed by atoms with E-state index in [0.29, 0.717) is 28.9 Å². The fraction of sp³-hybridized carbons (Fsp3) is 0.273. The molecule has 0 radical (unpaired) electrons. The fourth-order valence-corrected chi connectivity index (χ4v) is 2.85. The molecule has 0 spiro atoms. The minimum Gasteiger partial charge on any atom is -0.457 e.